The lowest BCUT2D eigenvalue weighted by molar-refractivity contribution is 0.114. The molecule has 1 aliphatic carbocycles. The molecule has 0 amide bonds. The van der Waals surface area contributed by atoms with E-state index in [0.29, 0.717) is 0 Å². The van der Waals surface area contributed by atoms with Gasteiger partial charge < -0.3 is 0 Å². The Morgan fingerprint density at radius 2 is 2.13 bits per heavy atom. The maximum Gasteiger partial charge on any atom is 0.109 e. The first-order valence-corrected chi connectivity index (χ1v) is 6.09. The first-order chi connectivity index (χ1) is 7.00. The molecule has 2 nitrogen and oxygen atoms in total. The Balaban J connectivity index is 2.65. The molecule has 1 aliphatic rings. The maximum atomic E-state index is 9.37. The summed E-state index contributed by atoms with van der Waals surface area (Å²) in [5.74, 6) is 1.51. The standard InChI is InChI=1S/C13H24N2/c1-11(2)8-12-6-5-7-13(9-12,10-14)15(3)4/h11-12H,5-9H2,1-4H3. The fourth-order valence-electron chi connectivity index (χ4n) is 2.84. The normalized spacial score (nSPS) is 31.9. The van der Waals surface area contributed by atoms with Crippen LogP contribution in [0.4, 0.5) is 0 Å². The molecule has 0 spiro atoms. The molecule has 86 valence electrons. The van der Waals surface area contributed by atoms with Gasteiger partial charge in [0.25, 0.3) is 0 Å². The van der Waals surface area contributed by atoms with Crippen molar-refractivity contribution in [2.45, 2.75) is 51.5 Å². The highest BCUT2D eigenvalue weighted by Gasteiger charge is 2.38. The molecule has 15 heavy (non-hydrogen) atoms. The van der Waals surface area contributed by atoms with Crippen LogP contribution in [0.3, 0.4) is 0 Å². The topological polar surface area (TPSA) is 27.0 Å². The van der Waals surface area contributed by atoms with Crippen molar-refractivity contribution in [3.8, 4) is 6.07 Å². The van der Waals surface area contributed by atoms with Crippen LogP contribution < -0.4 is 0 Å². The Bertz CT molecular complexity index is 239. The van der Waals surface area contributed by atoms with Crippen molar-refractivity contribution >= 4 is 0 Å². The largest absolute Gasteiger partial charge is 0.292 e. The Kier molecular flexibility index (Phi) is 4.16. The van der Waals surface area contributed by atoms with Crippen molar-refractivity contribution in [2.24, 2.45) is 11.8 Å². The molecule has 0 aliphatic heterocycles. The van der Waals surface area contributed by atoms with Crippen LogP contribution in [-0.2, 0) is 0 Å². The number of hydrogen-bond acceptors (Lipinski definition) is 2. The van der Waals surface area contributed by atoms with Crippen LogP contribution in [0.1, 0.15) is 46.0 Å². The highest BCUT2D eigenvalue weighted by molar-refractivity contribution is 5.09. The van der Waals surface area contributed by atoms with E-state index in [-0.39, 0.29) is 5.54 Å². The molecule has 0 N–H and O–H groups in total. The van der Waals surface area contributed by atoms with Crippen LogP contribution in [-0.4, -0.2) is 24.5 Å². The van der Waals surface area contributed by atoms with Crippen molar-refractivity contribution in [2.75, 3.05) is 14.1 Å². The van der Waals surface area contributed by atoms with E-state index in [1.165, 1.54) is 19.3 Å². The minimum absolute atomic E-state index is 0.183. The van der Waals surface area contributed by atoms with Gasteiger partial charge in [0.1, 0.15) is 5.54 Å². The summed E-state index contributed by atoms with van der Waals surface area (Å²) in [5, 5.41) is 9.37. The van der Waals surface area contributed by atoms with E-state index < -0.39 is 0 Å². The van der Waals surface area contributed by atoms with Gasteiger partial charge in [-0.3, -0.25) is 4.90 Å². The molecule has 1 fully saturated rings. The predicted octanol–water partition coefficient (Wildman–Crippen LogP) is 3.05. The van der Waals surface area contributed by atoms with Gasteiger partial charge in [0.05, 0.1) is 6.07 Å². The van der Waals surface area contributed by atoms with Gasteiger partial charge in [0.15, 0.2) is 0 Å². The average molecular weight is 208 g/mol. The molecule has 0 heterocycles. The van der Waals surface area contributed by atoms with Gasteiger partial charge >= 0.3 is 0 Å². The molecule has 0 bridgehead atoms. The van der Waals surface area contributed by atoms with Crippen LogP contribution in [0.5, 0.6) is 0 Å². The smallest absolute Gasteiger partial charge is 0.109 e. The molecule has 2 atom stereocenters. The van der Waals surface area contributed by atoms with Gasteiger partial charge in [-0.05, 0) is 45.2 Å². The molecule has 0 aromatic carbocycles. The fourth-order valence-corrected chi connectivity index (χ4v) is 2.84. The van der Waals surface area contributed by atoms with Gasteiger partial charge in [-0.1, -0.05) is 26.7 Å². The summed E-state index contributed by atoms with van der Waals surface area (Å²) >= 11 is 0. The van der Waals surface area contributed by atoms with E-state index in [4.69, 9.17) is 0 Å². The highest BCUT2D eigenvalue weighted by atomic mass is 15.1. The van der Waals surface area contributed by atoms with Gasteiger partial charge in [0.2, 0.25) is 0 Å². The monoisotopic (exact) mass is 208 g/mol. The third-order valence-corrected chi connectivity index (χ3v) is 3.70. The third kappa shape index (κ3) is 2.95. The first kappa shape index (κ1) is 12.5. The summed E-state index contributed by atoms with van der Waals surface area (Å²) in [6, 6.07) is 2.55. The van der Waals surface area contributed by atoms with E-state index in [9.17, 15) is 5.26 Å². The zero-order valence-corrected chi connectivity index (χ0v) is 10.6. The quantitative estimate of drug-likeness (QED) is 0.713. The van der Waals surface area contributed by atoms with Gasteiger partial charge in [-0.25, -0.2) is 0 Å². The van der Waals surface area contributed by atoms with E-state index in [0.717, 1.165) is 24.7 Å². The van der Waals surface area contributed by atoms with Crippen molar-refractivity contribution in [3.63, 3.8) is 0 Å². The Labute approximate surface area is 94.3 Å². The minimum atomic E-state index is -0.183. The third-order valence-electron chi connectivity index (χ3n) is 3.70. The second-order valence-electron chi connectivity index (χ2n) is 5.63. The SMILES string of the molecule is CC(C)CC1CCCC(C#N)(N(C)C)C1. The van der Waals surface area contributed by atoms with Crippen molar-refractivity contribution < 1.29 is 0 Å². The maximum absolute atomic E-state index is 9.37. The van der Waals surface area contributed by atoms with Crippen LogP contribution in [0.15, 0.2) is 0 Å². The summed E-state index contributed by atoms with van der Waals surface area (Å²) in [6.45, 7) is 4.55. The molecular weight excluding hydrogens is 184 g/mol. The van der Waals surface area contributed by atoms with E-state index in [1.807, 2.05) is 14.1 Å². The molecular formula is C13H24N2. The van der Waals surface area contributed by atoms with Gasteiger partial charge in [-0.2, -0.15) is 5.26 Å². The molecule has 2 heteroatoms. The zero-order valence-electron chi connectivity index (χ0n) is 10.6. The molecule has 0 saturated heterocycles. The summed E-state index contributed by atoms with van der Waals surface area (Å²) in [4.78, 5) is 2.12. The Morgan fingerprint density at radius 1 is 1.47 bits per heavy atom. The second-order valence-corrected chi connectivity index (χ2v) is 5.63. The second kappa shape index (κ2) is 4.99. The van der Waals surface area contributed by atoms with Crippen LogP contribution in [0.2, 0.25) is 0 Å². The predicted molar refractivity (Wildman–Crippen MR) is 63.4 cm³/mol. The minimum Gasteiger partial charge on any atom is -0.292 e. The molecule has 0 aromatic rings. The van der Waals surface area contributed by atoms with Gasteiger partial charge in [-0.15, -0.1) is 0 Å². The lowest BCUT2D eigenvalue weighted by Gasteiger charge is -2.41. The molecule has 2 unspecified atom stereocenters. The van der Waals surface area contributed by atoms with Crippen LogP contribution >= 0.6 is 0 Å². The average Bonchev–Trinajstić information content (AvgIpc) is 2.16. The van der Waals surface area contributed by atoms with Crippen molar-refractivity contribution in [1.82, 2.24) is 4.90 Å². The fraction of sp³-hybridized carbons (Fsp3) is 0.923. The Morgan fingerprint density at radius 3 is 2.60 bits per heavy atom. The number of nitrogens with zero attached hydrogens (tertiary/aromatic N) is 2. The van der Waals surface area contributed by atoms with Gasteiger partial charge in [0, 0.05) is 0 Å². The zero-order chi connectivity index (χ0) is 11.5. The lowest BCUT2D eigenvalue weighted by Crippen LogP contribution is -2.46. The summed E-state index contributed by atoms with van der Waals surface area (Å²) < 4.78 is 0. The van der Waals surface area contributed by atoms with Crippen LogP contribution in [0, 0.1) is 23.2 Å². The number of nitriles is 1. The van der Waals surface area contributed by atoms with E-state index >= 15 is 0 Å². The highest BCUT2D eigenvalue weighted by Crippen LogP contribution is 2.38. The summed E-state index contributed by atoms with van der Waals surface area (Å²) in [6.07, 6.45) is 5.91. The summed E-state index contributed by atoms with van der Waals surface area (Å²) in [7, 11) is 4.09. The molecule has 1 rings (SSSR count). The van der Waals surface area contributed by atoms with E-state index in [1.54, 1.807) is 0 Å². The summed E-state index contributed by atoms with van der Waals surface area (Å²) in [5.41, 5.74) is -0.183. The molecule has 0 radical (unpaired) electrons. The number of hydrogen-bond donors (Lipinski definition) is 0. The number of rotatable bonds is 3. The first-order valence-electron chi connectivity index (χ1n) is 6.09. The van der Waals surface area contributed by atoms with Crippen LogP contribution in [0.25, 0.3) is 0 Å². The Hall–Kier alpha value is -0.550. The molecule has 1 saturated carbocycles. The van der Waals surface area contributed by atoms with E-state index in [2.05, 4.69) is 24.8 Å². The lowest BCUT2D eigenvalue weighted by atomic mass is 9.73. The van der Waals surface area contributed by atoms with Crippen molar-refractivity contribution in [3.05, 3.63) is 0 Å². The molecule has 0 aromatic heterocycles. The van der Waals surface area contributed by atoms with Crippen molar-refractivity contribution in [1.29, 1.82) is 5.26 Å².